The van der Waals surface area contributed by atoms with E-state index in [0.717, 1.165) is 0 Å². The van der Waals surface area contributed by atoms with Crippen molar-refractivity contribution in [3.63, 3.8) is 0 Å². The van der Waals surface area contributed by atoms with Crippen LogP contribution in [0.15, 0.2) is 12.7 Å². The molecule has 0 radical (unpaired) electrons. The van der Waals surface area contributed by atoms with Crippen molar-refractivity contribution in [2.45, 2.75) is 58.2 Å². The highest BCUT2D eigenvalue weighted by molar-refractivity contribution is 5.92. The summed E-state index contributed by atoms with van der Waals surface area (Å²) in [6.45, 7) is 11.8. The second-order valence-corrected chi connectivity index (χ2v) is 6.17. The lowest BCUT2D eigenvalue weighted by atomic mass is 9.96. The van der Waals surface area contributed by atoms with Crippen LogP contribution in [0.2, 0.25) is 0 Å². The maximum Gasteiger partial charge on any atom is 0.408 e. The third-order valence-electron chi connectivity index (χ3n) is 2.73. The largest absolute Gasteiger partial charge is 0.467 e. The van der Waals surface area contributed by atoms with Crippen molar-refractivity contribution in [2.75, 3.05) is 7.11 Å². The summed E-state index contributed by atoms with van der Waals surface area (Å²) < 4.78 is 9.69. The smallest absolute Gasteiger partial charge is 0.408 e. The summed E-state index contributed by atoms with van der Waals surface area (Å²) >= 11 is 0. The van der Waals surface area contributed by atoms with Gasteiger partial charge >= 0.3 is 12.1 Å². The zero-order chi connectivity index (χ0) is 17.6. The molecule has 0 saturated heterocycles. The molecular weight excluding hydrogens is 288 g/mol. The van der Waals surface area contributed by atoms with E-state index in [1.54, 1.807) is 20.8 Å². The molecule has 22 heavy (non-hydrogen) atoms. The highest BCUT2D eigenvalue weighted by atomic mass is 16.6. The molecule has 0 saturated carbocycles. The molecule has 0 heterocycles. The molecule has 0 aromatic heterocycles. The Morgan fingerprint density at radius 1 is 1.23 bits per heavy atom. The van der Waals surface area contributed by atoms with Crippen molar-refractivity contribution in [3.05, 3.63) is 12.7 Å². The molecule has 7 heteroatoms. The van der Waals surface area contributed by atoms with Crippen LogP contribution in [-0.4, -0.2) is 42.3 Å². The fourth-order valence-corrected chi connectivity index (χ4v) is 1.61. The predicted molar refractivity (Wildman–Crippen MR) is 82.2 cm³/mol. The van der Waals surface area contributed by atoms with E-state index < -0.39 is 35.2 Å². The van der Waals surface area contributed by atoms with Crippen molar-refractivity contribution in [2.24, 2.45) is 0 Å². The zero-order valence-corrected chi connectivity index (χ0v) is 14.1. The summed E-state index contributed by atoms with van der Waals surface area (Å²) in [6.07, 6.45) is 0.948. The van der Waals surface area contributed by atoms with Crippen molar-refractivity contribution < 1.29 is 23.9 Å². The number of methoxy groups -OCH3 is 1. The van der Waals surface area contributed by atoms with Gasteiger partial charge in [0.05, 0.1) is 7.11 Å². The lowest BCUT2D eigenvalue weighted by molar-refractivity contribution is -0.145. The van der Waals surface area contributed by atoms with Gasteiger partial charge in [-0.15, -0.1) is 6.58 Å². The maximum atomic E-state index is 12.3. The number of amides is 2. The SMILES string of the molecule is C=CC[C@@](C)(NC(=O)OC(C)(C)C)C(=O)N[C@@H](C)C(=O)OC. The molecule has 0 unspecified atom stereocenters. The molecule has 0 bridgehead atoms. The molecule has 0 aliphatic heterocycles. The van der Waals surface area contributed by atoms with Crippen LogP contribution in [0.25, 0.3) is 0 Å². The molecule has 0 fully saturated rings. The molecule has 2 atom stereocenters. The average molecular weight is 314 g/mol. The molecule has 0 aliphatic rings. The number of ether oxygens (including phenoxy) is 2. The second kappa shape index (κ2) is 7.82. The normalized spacial score (nSPS) is 15.0. The van der Waals surface area contributed by atoms with E-state index >= 15 is 0 Å². The van der Waals surface area contributed by atoms with Crippen LogP contribution in [0, 0.1) is 0 Å². The molecule has 0 rings (SSSR count). The van der Waals surface area contributed by atoms with E-state index in [0.29, 0.717) is 0 Å². The molecule has 2 amide bonds. The Balaban J connectivity index is 5.00. The van der Waals surface area contributed by atoms with Gasteiger partial charge in [-0.3, -0.25) is 4.79 Å². The van der Waals surface area contributed by atoms with Crippen LogP contribution >= 0.6 is 0 Å². The number of carbonyl (C=O) groups is 3. The molecule has 0 aromatic carbocycles. The minimum absolute atomic E-state index is 0.173. The number of rotatable bonds is 6. The first kappa shape index (κ1) is 19.9. The van der Waals surface area contributed by atoms with Gasteiger partial charge in [0, 0.05) is 0 Å². The minimum Gasteiger partial charge on any atom is -0.467 e. The molecule has 0 aromatic rings. The van der Waals surface area contributed by atoms with E-state index in [2.05, 4.69) is 21.9 Å². The Bertz CT molecular complexity index is 442. The third-order valence-corrected chi connectivity index (χ3v) is 2.73. The highest BCUT2D eigenvalue weighted by Crippen LogP contribution is 2.14. The van der Waals surface area contributed by atoms with Crippen LogP contribution in [0.5, 0.6) is 0 Å². The lowest BCUT2D eigenvalue weighted by Gasteiger charge is -2.31. The number of carbonyl (C=O) groups excluding carboxylic acids is 3. The van der Waals surface area contributed by atoms with Gasteiger partial charge in [-0.1, -0.05) is 6.08 Å². The molecule has 0 spiro atoms. The van der Waals surface area contributed by atoms with Crippen LogP contribution in [0.3, 0.4) is 0 Å². The summed E-state index contributed by atoms with van der Waals surface area (Å²) in [4.78, 5) is 35.6. The predicted octanol–water partition coefficient (Wildman–Crippen LogP) is 1.52. The molecule has 126 valence electrons. The number of hydrogen-bond acceptors (Lipinski definition) is 5. The van der Waals surface area contributed by atoms with E-state index in [1.165, 1.54) is 27.0 Å². The second-order valence-electron chi connectivity index (χ2n) is 6.17. The minimum atomic E-state index is -1.29. The summed E-state index contributed by atoms with van der Waals surface area (Å²) in [6, 6.07) is -0.831. The Kier molecular flexibility index (Phi) is 7.09. The Hall–Kier alpha value is -2.05. The summed E-state index contributed by atoms with van der Waals surface area (Å²) in [5, 5.41) is 5.01. The monoisotopic (exact) mass is 314 g/mol. The van der Waals surface area contributed by atoms with Crippen LogP contribution in [0.1, 0.15) is 41.0 Å². The average Bonchev–Trinajstić information content (AvgIpc) is 2.35. The Labute approximate surface area is 131 Å². The first-order chi connectivity index (χ1) is 9.95. The van der Waals surface area contributed by atoms with Gasteiger partial charge in [0.1, 0.15) is 17.2 Å². The number of alkyl carbamates (subject to hydrolysis) is 1. The van der Waals surface area contributed by atoms with Gasteiger partial charge in [0.25, 0.3) is 0 Å². The van der Waals surface area contributed by atoms with Gasteiger partial charge in [-0.2, -0.15) is 0 Å². The van der Waals surface area contributed by atoms with Gasteiger partial charge in [-0.25, -0.2) is 9.59 Å². The van der Waals surface area contributed by atoms with E-state index in [9.17, 15) is 14.4 Å². The van der Waals surface area contributed by atoms with Crippen molar-refractivity contribution in [3.8, 4) is 0 Å². The quantitative estimate of drug-likeness (QED) is 0.573. The third kappa shape index (κ3) is 6.60. The van der Waals surface area contributed by atoms with Crippen LogP contribution < -0.4 is 10.6 Å². The van der Waals surface area contributed by atoms with Gasteiger partial charge in [0.15, 0.2) is 0 Å². The van der Waals surface area contributed by atoms with Gasteiger partial charge in [-0.05, 0) is 41.0 Å². The van der Waals surface area contributed by atoms with Gasteiger partial charge < -0.3 is 20.1 Å². The number of nitrogens with one attached hydrogen (secondary N) is 2. The Morgan fingerprint density at radius 3 is 2.18 bits per heavy atom. The summed E-state index contributed by atoms with van der Waals surface area (Å²) in [5.74, 6) is -1.11. The number of esters is 1. The first-order valence-electron chi connectivity index (χ1n) is 6.96. The molecule has 7 nitrogen and oxygen atoms in total. The summed E-state index contributed by atoms with van der Waals surface area (Å²) in [7, 11) is 1.23. The summed E-state index contributed by atoms with van der Waals surface area (Å²) in [5.41, 5.74) is -1.97. The topological polar surface area (TPSA) is 93.7 Å². The molecule has 0 aliphatic carbocycles. The van der Waals surface area contributed by atoms with Crippen molar-refractivity contribution in [1.29, 1.82) is 0 Å². The fraction of sp³-hybridized carbons (Fsp3) is 0.667. The maximum absolute atomic E-state index is 12.3. The van der Waals surface area contributed by atoms with E-state index in [4.69, 9.17) is 4.74 Å². The van der Waals surface area contributed by atoms with Crippen molar-refractivity contribution >= 4 is 18.0 Å². The van der Waals surface area contributed by atoms with Gasteiger partial charge in [0.2, 0.25) is 5.91 Å². The van der Waals surface area contributed by atoms with Crippen LogP contribution in [0.4, 0.5) is 4.79 Å². The van der Waals surface area contributed by atoms with E-state index in [1.807, 2.05) is 0 Å². The number of hydrogen-bond donors (Lipinski definition) is 2. The standard InChI is InChI=1S/C15H26N2O5/c1-8-9-15(6,17-13(20)22-14(3,4)5)12(19)16-10(2)11(18)21-7/h8,10H,1,9H2,2-7H3,(H,16,19)(H,17,20)/t10-,15+/m0/s1. The highest BCUT2D eigenvalue weighted by Gasteiger charge is 2.36. The Morgan fingerprint density at radius 2 is 1.77 bits per heavy atom. The van der Waals surface area contributed by atoms with Crippen LogP contribution in [-0.2, 0) is 19.1 Å². The van der Waals surface area contributed by atoms with E-state index in [-0.39, 0.29) is 6.42 Å². The van der Waals surface area contributed by atoms with Crippen molar-refractivity contribution in [1.82, 2.24) is 10.6 Å². The fourth-order valence-electron chi connectivity index (χ4n) is 1.61. The zero-order valence-electron chi connectivity index (χ0n) is 14.1. The molecule has 2 N–H and O–H groups in total. The molecular formula is C15H26N2O5. The lowest BCUT2D eigenvalue weighted by Crippen LogP contribution is -2.59. The first-order valence-corrected chi connectivity index (χ1v) is 6.96.